The molecule has 1 saturated carbocycles. The molecule has 0 amide bonds. The minimum Gasteiger partial charge on any atom is -0.506 e. The second kappa shape index (κ2) is 6.36. The van der Waals surface area contributed by atoms with Gasteiger partial charge in [-0.3, -0.25) is 0 Å². The number of thiophene rings is 1. The van der Waals surface area contributed by atoms with Crippen molar-refractivity contribution in [1.82, 2.24) is 0 Å². The van der Waals surface area contributed by atoms with Crippen molar-refractivity contribution in [3.8, 4) is 16.9 Å². The van der Waals surface area contributed by atoms with E-state index < -0.39 is 23.2 Å². The number of methoxy groups -OCH3 is 1. The van der Waals surface area contributed by atoms with Gasteiger partial charge in [-0.1, -0.05) is 18.2 Å². The number of rotatable bonds is 3. The van der Waals surface area contributed by atoms with Gasteiger partial charge in [0.2, 0.25) is 5.82 Å². The topological polar surface area (TPSA) is 29.5 Å². The molecule has 0 spiro atoms. The molecule has 4 rings (SSSR count). The van der Waals surface area contributed by atoms with Crippen LogP contribution in [0.15, 0.2) is 35.9 Å². The molecule has 1 heterocycles. The zero-order valence-electron chi connectivity index (χ0n) is 13.9. The molecular formula is C20H15F3O2S. The van der Waals surface area contributed by atoms with Crippen LogP contribution in [0.3, 0.4) is 0 Å². The van der Waals surface area contributed by atoms with Crippen LogP contribution in [0.2, 0.25) is 0 Å². The Morgan fingerprint density at radius 2 is 1.85 bits per heavy atom. The first-order valence-corrected chi connectivity index (χ1v) is 8.99. The molecule has 0 aliphatic heterocycles. The third-order valence-electron chi connectivity index (χ3n) is 4.69. The Balaban J connectivity index is 2.07. The van der Waals surface area contributed by atoms with E-state index in [0.717, 1.165) is 42.7 Å². The summed E-state index contributed by atoms with van der Waals surface area (Å²) < 4.78 is 48.4. The maximum absolute atomic E-state index is 14.9. The Labute approximate surface area is 152 Å². The highest BCUT2D eigenvalue weighted by molar-refractivity contribution is 7.20. The molecule has 0 atom stereocenters. The van der Waals surface area contributed by atoms with Crippen LogP contribution in [-0.2, 0) is 0 Å². The Kier molecular flexibility index (Phi) is 4.15. The van der Waals surface area contributed by atoms with Crippen LogP contribution in [0.5, 0.6) is 5.75 Å². The van der Waals surface area contributed by atoms with E-state index in [-0.39, 0.29) is 11.3 Å². The molecule has 134 valence electrons. The molecular weight excluding hydrogens is 361 g/mol. The van der Waals surface area contributed by atoms with Crippen LogP contribution in [-0.4, -0.2) is 12.2 Å². The first kappa shape index (κ1) is 17.0. The summed E-state index contributed by atoms with van der Waals surface area (Å²) >= 11 is 1.31. The van der Waals surface area contributed by atoms with Gasteiger partial charge < -0.3 is 9.84 Å². The molecule has 1 aliphatic carbocycles. The van der Waals surface area contributed by atoms with Gasteiger partial charge in [0.1, 0.15) is 5.76 Å². The molecule has 0 unspecified atom stereocenters. The number of ether oxygens (including phenoxy) is 1. The maximum Gasteiger partial charge on any atom is 0.203 e. The van der Waals surface area contributed by atoms with Crippen LogP contribution < -0.4 is 4.74 Å². The molecule has 0 bridgehead atoms. The minimum atomic E-state index is -1.36. The summed E-state index contributed by atoms with van der Waals surface area (Å²) in [6.07, 6.45) is 2.55. The van der Waals surface area contributed by atoms with E-state index in [0.29, 0.717) is 15.8 Å². The fourth-order valence-corrected chi connectivity index (χ4v) is 4.38. The van der Waals surface area contributed by atoms with E-state index >= 15 is 0 Å². The van der Waals surface area contributed by atoms with Crippen molar-refractivity contribution >= 4 is 27.2 Å². The number of hydrogen-bond acceptors (Lipinski definition) is 3. The summed E-state index contributed by atoms with van der Waals surface area (Å²) in [6.45, 7) is 0. The molecule has 2 nitrogen and oxygen atoms in total. The predicted octanol–water partition coefficient (Wildman–Crippen LogP) is 6.45. The number of hydrogen-bond donors (Lipinski definition) is 1. The zero-order valence-corrected chi connectivity index (χ0v) is 14.7. The van der Waals surface area contributed by atoms with Gasteiger partial charge in [0, 0.05) is 21.2 Å². The summed E-state index contributed by atoms with van der Waals surface area (Å²) in [6, 6.07) is 8.06. The van der Waals surface area contributed by atoms with Crippen LogP contribution in [0, 0.1) is 17.5 Å². The van der Waals surface area contributed by atoms with Gasteiger partial charge in [-0.25, -0.2) is 8.78 Å². The van der Waals surface area contributed by atoms with Gasteiger partial charge in [-0.05, 0) is 37.0 Å². The van der Waals surface area contributed by atoms with Gasteiger partial charge in [-0.2, -0.15) is 4.39 Å². The number of halogens is 3. The monoisotopic (exact) mass is 376 g/mol. The molecule has 6 heteroatoms. The lowest BCUT2D eigenvalue weighted by Gasteiger charge is -2.19. The zero-order chi connectivity index (χ0) is 18.4. The Hall–Kier alpha value is -2.47. The van der Waals surface area contributed by atoms with Gasteiger partial charge in [0.05, 0.1) is 12.0 Å². The molecule has 0 saturated heterocycles. The normalized spacial score (nSPS) is 13.8. The molecule has 2 aromatic carbocycles. The van der Waals surface area contributed by atoms with Crippen molar-refractivity contribution in [3.05, 3.63) is 58.2 Å². The van der Waals surface area contributed by atoms with E-state index in [9.17, 15) is 18.3 Å². The molecule has 0 radical (unpaired) electrons. The summed E-state index contributed by atoms with van der Waals surface area (Å²) in [5.41, 5.74) is 1.13. The van der Waals surface area contributed by atoms with E-state index in [2.05, 4.69) is 0 Å². The Bertz CT molecular complexity index is 1050. The quantitative estimate of drug-likeness (QED) is 0.421. The van der Waals surface area contributed by atoms with Crippen LogP contribution in [0.4, 0.5) is 13.2 Å². The van der Waals surface area contributed by atoms with Crippen LogP contribution in [0.1, 0.15) is 24.1 Å². The van der Waals surface area contributed by atoms with E-state index in [4.69, 9.17) is 4.74 Å². The first-order valence-electron chi connectivity index (χ1n) is 8.17. The highest BCUT2D eigenvalue weighted by Gasteiger charge is 2.27. The van der Waals surface area contributed by atoms with Crippen LogP contribution in [0.25, 0.3) is 27.0 Å². The van der Waals surface area contributed by atoms with E-state index in [1.165, 1.54) is 11.3 Å². The van der Waals surface area contributed by atoms with Gasteiger partial charge in [0.25, 0.3) is 0 Å². The first-order chi connectivity index (χ1) is 12.5. The number of allylic oxidation sites excluding steroid dienone is 1. The highest BCUT2D eigenvalue weighted by Crippen LogP contribution is 2.46. The van der Waals surface area contributed by atoms with Crippen molar-refractivity contribution in [2.75, 3.05) is 7.11 Å². The summed E-state index contributed by atoms with van der Waals surface area (Å²) in [5, 5.41) is 11.4. The lowest BCUT2D eigenvalue weighted by atomic mass is 9.89. The standard InChI is InChI=1S/C20H15F3O2S/c1-25-19-16(22)12(9-13(21)17(19)23)15-11-7-2-3-8-14(11)26-20(15)18(24)10-5-4-6-10/h2-3,7-9,24H,4-6H2,1H3. The molecule has 1 N–H and O–H groups in total. The van der Waals surface area contributed by atoms with Crippen molar-refractivity contribution in [3.63, 3.8) is 0 Å². The number of benzene rings is 2. The maximum atomic E-state index is 14.9. The molecule has 26 heavy (non-hydrogen) atoms. The number of fused-ring (bicyclic) bond motifs is 1. The second-order valence-corrected chi connectivity index (χ2v) is 7.23. The SMILES string of the molecule is COc1c(F)c(F)cc(-c2c(C(O)=C3CCC3)sc3ccccc23)c1F. The van der Waals surface area contributed by atoms with Gasteiger partial charge in [0.15, 0.2) is 17.4 Å². The van der Waals surface area contributed by atoms with Crippen molar-refractivity contribution in [2.45, 2.75) is 19.3 Å². The number of aliphatic hydroxyl groups excluding tert-OH is 1. The molecule has 1 fully saturated rings. The van der Waals surface area contributed by atoms with E-state index in [1.54, 1.807) is 12.1 Å². The molecule has 1 aromatic heterocycles. The van der Waals surface area contributed by atoms with Gasteiger partial charge in [-0.15, -0.1) is 11.3 Å². The fourth-order valence-electron chi connectivity index (χ4n) is 3.17. The third-order valence-corrected chi connectivity index (χ3v) is 5.87. The van der Waals surface area contributed by atoms with Crippen molar-refractivity contribution in [2.24, 2.45) is 0 Å². The largest absolute Gasteiger partial charge is 0.506 e. The Morgan fingerprint density at radius 1 is 1.12 bits per heavy atom. The molecule has 1 aliphatic rings. The lowest BCUT2D eigenvalue weighted by Crippen LogP contribution is -2.02. The minimum absolute atomic E-state index is 0.107. The summed E-state index contributed by atoms with van der Waals surface area (Å²) in [5.74, 6) is -4.21. The van der Waals surface area contributed by atoms with Crippen LogP contribution >= 0.6 is 11.3 Å². The van der Waals surface area contributed by atoms with Gasteiger partial charge >= 0.3 is 0 Å². The Morgan fingerprint density at radius 3 is 2.50 bits per heavy atom. The average Bonchev–Trinajstić information content (AvgIpc) is 2.96. The summed E-state index contributed by atoms with van der Waals surface area (Å²) in [4.78, 5) is 0.466. The molecule has 3 aromatic rings. The lowest BCUT2D eigenvalue weighted by molar-refractivity contribution is 0.347. The highest BCUT2D eigenvalue weighted by atomic mass is 32.1. The smallest absolute Gasteiger partial charge is 0.203 e. The van der Waals surface area contributed by atoms with E-state index in [1.807, 2.05) is 12.1 Å². The van der Waals surface area contributed by atoms with Crippen molar-refractivity contribution in [1.29, 1.82) is 0 Å². The predicted molar refractivity (Wildman–Crippen MR) is 97.1 cm³/mol. The third kappa shape index (κ3) is 2.48. The fraction of sp³-hybridized carbons (Fsp3) is 0.200. The van der Waals surface area contributed by atoms with Crippen molar-refractivity contribution < 1.29 is 23.0 Å². The second-order valence-electron chi connectivity index (χ2n) is 6.18. The number of aliphatic hydroxyl groups is 1. The summed E-state index contributed by atoms with van der Waals surface area (Å²) in [7, 11) is 1.09. The average molecular weight is 376 g/mol.